The molecule has 0 bridgehead atoms. The lowest BCUT2D eigenvalue weighted by Crippen LogP contribution is -1.94. The lowest BCUT2D eigenvalue weighted by atomic mass is 10.2. The molecule has 0 saturated carbocycles. The van der Waals surface area contributed by atoms with Crippen LogP contribution in [0.1, 0.15) is 31.7 Å². The van der Waals surface area contributed by atoms with Crippen molar-refractivity contribution in [1.82, 2.24) is 9.78 Å². The summed E-state index contributed by atoms with van der Waals surface area (Å²) in [6.45, 7) is 6.27. The van der Waals surface area contributed by atoms with Crippen LogP contribution >= 0.6 is 0 Å². The van der Waals surface area contributed by atoms with Crippen LogP contribution in [0, 0.1) is 6.92 Å². The van der Waals surface area contributed by atoms with Crippen LogP contribution in [-0.2, 0) is 13.5 Å². The molecule has 0 aromatic carbocycles. The predicted molar refractivity (Wildman–Crippen MR) is 54.7 cm³/mol. The van der Waals surface area contributed by atoms with Crippen LogP contribution in [-0.4, -0.2) is 21.5 Å². The summed E-state index contributed by atoms with van der Waals surface area (Å²) in [6, 6.07) is 2.05. The fraction of sp³-hybridized carbons (Fsp3) is 0.700. The first-order valence-corrected chi connectivity index (χ1v) is 4.84. The Bertz CT molecular complexity index is 211. The maximum absolute atomic E-state index is 8.57. The molecule has 0 aliphatic heterocycles. The molecule has 13 heavy (non-hydrogen) atoms. The summed E-state index contributed by atoms with van der Waals surface area (Å²) >= 11 is 0. The van der Waals surface area contributed by atoms with Crippen LogP contribution in [0.4, 0.5) is 0 Å². The second kappa shape index (κ2) is 6.66. The molecule has 0 fully saturated rings. The smallest absolute Gasteiger partial charge is 0.0628 e. The number of hydrogen-bond acceptors (Lipinski definition) is 2. The Hall–Kier alpha value is -0.830. The summed E-state index contributed by atoms with van der Waals surface area (Å²) in [5.74, 6) is 0. The molecular weight excluding hydrogens is 164 g/mol. The summed E-state index contributed by atoms with van der Waals surface area (Å²) in [7, 11) is 1.93. The number of aliphatic hydroxyl groups excluding tert-OH is 1. The SMILES string of the molecule is CC.Cc1cc(CCCO)nn1C. The van der Waals surface area contributed by atoms with E-state index in [2.05, 4.69) is 11.2 Å². The Kier molecular flexibility index (Phi) is 6.24. The minimum Gasteiger partial charge on any atom is -0.396 e. The van der Waals surface area contributed by atoms with Crippen molar-refractivity contribution < 1.29 is 5.11 Å². The van der Waals surface area contributed by atoms with Crippen molar-refractivity contribution in [3.05, 3.63) is 17.5 Å². The van der Waals surface area contributed by atoms with E-state index in [9.17, 15) is 0 Å². The van der Waals surface area contributed by atoms with Crippen molar-refractivity contribution in [3.8, 4) is 0 Å². The van der Waals surface area contributed by atoms with Gasteiger partial charge in [0, 0.05) is 19.3 Å². The number of nitrogens with zero attached hydrogens (tertiary/aromatic N) is 2. The largest absolute Gasteiger partial charge is 0.396 e. The van der Waals surface area contributed by atoms with Crippen LogP contribution in [0.2, 0.25) is 0 Å². The molecule has 0 amide bonds. The van der Waals surface area contributed by atoms with E-state index in [1.807, 2.05) is 32.5 Å². The monoisotopic (exact) mass is 184 g/mol. The average Bonchev–Trinajstić information content (AvgIpc) is 2.46. The first kappa shape index (κ1) is 12.2. The van der Waals surface area contributed by atoms with E-state index >= 15 is 0 Å². The quantitative estimate of drug-likeness (QED) is 0.776. The zero-order valence-electron chi connectivity index (χ0n) is 9.04. The third-order valence-electron chi connectivity index (χ3n) is 1.76. The minimum atomic E-state index is 0.246. The van der Waals surface area contributed by atoms with Crippen molar-refractivity contribution in [3.63, 3.8) is 0 Å². The average molecular weight is 184 g/mol. The Labute approximate surface area is 80.4 Å². The maximum atomic E-state index is 8.57. The lowest BCUT2D eigenvalue weighted by molar-refractivity contribution is 0.288. The molecule has 0 saturated heterocycles. The molecule has 3 nitrogen and oxygen atoms in total. The Morgan fingerprint density at radius 2 is 2.08 bits per heavy atom. The van der Waals surface area contributed by atoms with Gasteiger partial charge in [-0.2, -0.15) is 5.10 Å². The van der Waals surface area contributed by atoms with Gasteiger partial charge in [0.25, 0.3) is 0 Å². The van der Waals surface area contributed by atoms with E-state index in [0.29, 0.717) is 0 Å². The normalized spacial score (nSPS) is 9.31. The maximum Gasteiger partial charge on any atom is 0.0628 e. The van der Waals surface area contributed by atoms with E-state index in [4.69, 9.17) is 5.11 Å². The molecule has 1 aromatic heterocycles. The van der Waals surface area contributed by atoms with Gasteiger partial charge in [-0.1, -0.05) is 13.8 Å². The van der Waals surface area contributed by atoms with Crippen LogP contribution in [0.25, 0.3) is 0 Å². The van der Waals surface area contributed by atoms with Gasteiger partial charge in [0.05, 0.1) is 5.69 Å². The number of rotatable bonds is 3. The van der Waals surface area contributed by atoms with Crippen molar-refractivity contribution >= 4 is 0 Å². The molecule has 0 aliphatic rings. The molecular formula is C10H20N2O. The summed E-state index contributed by atoms with van der Waals surface area (Å²) in [5, 5.41) is 12.8. The molecule has 0 radical (unpaired) electrons. The molecule has 0 aliphatic carbocycles. The van der Waals surface area contributed by atoms with Crippen LogP contribution < -0.4 is 0 Å². The molecule has 0 atom stereocenters. The van der Waals surface area contributed by atoms with Crippen molar-refractivity contribution in [1.29, 1.82) is 0 Å². The predicted octanol–water partition coefficient (Wildman–Crippen LogP) is 1.68. The van der Waals surface area contributed by atoms with E-state index < -0.39 is 0 Å². The minimum absolute atomic E-state index is 0.246. The molecule has 1 heterocycles. The van der Waals surface area contributed by atoms with E-state index in [0.717, 1.165) is 24.2 Å². The van der Waals surface area contributed by atoms with E-state index in [1.54, 1.807) is 0 Å². The van der Waals surface area contributed by atoms with Crippen LogP contribution in [0.15, 0.2) is 6.07 Å². The highest BCUT2D eigenvalue weighted by atomic mass is 16.2. The van der Waals surface area contributed by atoms with Crippen LogP contribution in [0.5, 0.6) is 0 Å². The highest BCUT2D eigenvalue weighted by Crippen LogP contribution is 2.03. The van der Waals surface area contributed by atoms with Gasteiger partial charge in [0.2, 0.25) is 0 Å². The molecule has 3 heteroatoms. The topological polar surface area (TPSA) is 38.1 Å². The highest BCUT2D eigenvalue weighted by molar-refractivity contribution is 5.08. The Morgan fingerprint density at radius 1 is 1.46 bits per heavy atom. The first-order chi connectivity index (χ1) is 6.24. The van der Waals surface area contributed by atoms with Crippen LogP contribution in [0.3, 0.4) is 0 Å². The fourth-order valence-electron chi connectivity index (χ4n) is 1.02. The third-order valence-corrected chi connectivity index (χ3v) is 1.76. The van der Waals surface area contributed by atoms with Crippen molar-refractivity contribution in [2.75, 3.05) is 6.61 Å². The van der Waals surface area contributed by atoms with Gasteiger partial charge >= 0.3 is 0 Å². The summed E-state index contributed by atoms with van der Waals surface area (Å²) in [4.78, 5) is 0. The molecule has 1 N–H and O–H groups in total. The van der Waals surface area contributed by atoms with Gasteiger partial charge in [-0.05, 0) is 25.8 Å². The van der Waals surface area contributed by atoms with Gasteiger partial charge < -0.3 is 5.11 Å². The van der Waals surface area contributed by atoms with Gasteiger partial charge in [0.15, 0.2) is 0 Å². The zero-order chi connectivity index (χ0) is 10.3. The number of aliphatic hydroxyl groups is 1. The number of aryl methyl sites for hydroxylation is 3. The zero-order valence-corrected chi connectivity index (χ0v) is 9.04. The van der Waals surface area contributed by atoms with Gasteiger partial charge in [-0.25, -0.2) is 0 Å². The summed E-state index contributed by atoms with van der Waals surface area (Å²) in [5.41, 5.74) is 2.23. The molecule has 1 rings (SSSR count). The van der Waals surface area contributed by atoms with Gasteiger partial charge in [-0.15, -0.1) is 0 Å². The second-order valence-corrected chi connectivity index (χ2v) is 2.73. The molecule has 1 aromatic rings. The number of hydrogen-bond donors (Lipinski definition) is 1. The van der Waals surface area contributed by atoms with E-state index in [1.165, 1.54) is 0 Å². The molecule has 0 unspecified atom stereocenters. The van der Waals surface area contributed by atoms with Gasteiger partial charge in [-0.3, -0.25) is 4.68 Å². The Morgan fingerprint density at radius 3 is 2.46 bits per heavy atom. The number of aromatic nitrogens is 2. The molecule has 76 valence electrons. The first-order valence-electron chi connectivity index (χ1n) is 4.84. The standard InChI is InChI=1S/C8H14N2O.C2H6/c1-7-6-8(4-3-5-11)9-10(7)2;1-2/h6,11H,3-5H2,1-2H3;1-2H3. The van der Waals surface area contributed by atoms with Crippen molar-refractivity contribution in [2.45, 2.75) is 33.6 Å². The van der Waals surface area contributed by atoms with E-state index in [-0.39, 0.29) is 6.61 Å². The fourth-order valence-corrected chi connectivity index (χ4v) is 1.02. The molecule has 0 spiro atoms. The third kappa shape index (κ3) is 4.08. The van der Waals surface area contributed by atoms with Crippen molar-refractivity contribution in [2.24, 2.45) is 7.05 Å². The summed E-state index contributed by atoms with van der Waals surface area (Å²) in [6.07, 6.45) is 1.68. The summed E-state index contributed by atoms with van der Waals surface area (Å²) < 4.78 is 1.85. The highest BCUT2D eigenvalue weighted by Gasteiger charge is 1.99. The second-order valence-electron chi connectivity index (χ2n) is 2.73. The Balaban J connectivity index is 0.000000671. The van der Waals surface area contributed by atoms with Gasteiger partial charge in [0.1, 0.15) is 0 Å². The lowest BCUT2D eigenvalue weighted by Gasteiger charge is -1.91.